The van der Waals surface area contributed by atoms with Gasteiger partial charge in [0.1, 0.15) is 6.33 Å². The van der Waals surface area contributed by atoms with E-state index in [0.717, 1.165) is 11.0 Å². The van der Waals surface area contributed by atoms with E-state index < -0.39 is 5.97 Å². The Balaban J connectivity index is 2.24. The molecule has 3 rings (SSSR count). The van der Waals surface area contributed by atoms with E-state index in [-0.39, 0.29) is 5.69 Å². The molecule has 94 valence electrons. The molecule has 0 unspecified atom stereocenters. The fourth-order valence-electron chi connectivity index (χ4n) is 1.89. The highest BCUT2D eigenvalue weighted by molar-refractivity contribution is 5.85. The van der Waals surface area contributed by atoms with E-state index in [1.807, 2.05) is 24.3 Å². The highest BCUT2D eigenvalue weighted by Crippen LogP contribution is 2.15. The van der Waals surface area contributed by atoms with Gasteiger partial charge in [0.25, 0.3) is 0 Å². The Bertz CT molecular complexity index is 779. The van der Waals surface area contributed by atoms with Gasteiger partial charge in [-0.05, 0) is 25.1 Å². The van der Waals surface area contributed by atoms with Crippen LogP contribution in [-0.4, -0.2) is 30.6 Å². The smallest absolute Gasteiger partial charge is 0.354 e. The molecule has 6 heteroatoms. The first-order valence-electron chi connectivity index (χ1n) is 5.66. The fraction of sp³-hybridized carbons (Fsp3) is 0.0769. The van der Waals surface area contributed by atoms with Crippen LogP contribution in [0.5, 0.6) is 0 Å². The highest BCUT2D eigenvalue weighted by atomic mass is 16.4. The van der Waals surface area contributed by atoms with E-state index in [4.69, 9.17) is 5.11 Å². The van der Waals surface area contributed by atoms with Crippen LogP contribution in [0, 0.1) is 6.92 Å². The van der Waals surface area contributed by atoms with Gasteiger partial charge in [-0.3, -0.25) is 4.57 Å². The summed E-state index contributed by atoms with van der Waals surface area (Å²) >= 11 is 0. The Hall–Kier alpha value is -2.76. The summed E-state index contributed by atoms with van der Waals surface area (Å²) in [7, 11) is 0. The lowest BCUT2D eigenvalue weighted by atomic mass is 10.3. The van der Waals surface area contributed by atoms with Crippen molar-refractivity contribution in [2.24, 2.45) is 0 Å². The average Bonchev–Trinajstić information content (AvgIpc) is 2.81. The molecular weight excluding hydrogens is 244 g/mol. The van der Waals surface area contributed by atoms with Gasteiger partial charge >= 0.3 is 5.97 Å². The van der Waals surface area contributed by atoms with Crippen molar-refractivity contribution in [3.63, 3.8) is 0 Å². The van der Waals surface area contributed by atoms with Gasteiger partial charge < -0.3 is 5.11 Å². The predicted molar refractivity (Wildman–Crippen MR) is 68.4 cm³/mol. The number of rotatable bonds is 2. The summed E-state index contributed by atoms with van der Waals surface area (Å²) in [5.74, 6) is -0.762. The molecule has 1 aromatic carbocycles. The SMILES string of the molecule is Cc1cc(C(=O)O)nc(-n2cnc3ccccc32)n1. The number of fused-ring (bicyclic) bond motifs is 1. The molecule has 0 spiro atoms. The zero-order valence-corrected chi connectivity index (χ0v) is 10.1. The van der Waals surface area contributed by atoms with Gasteiger partial charge in [0.2, 0.25) is 5.95 Å². The maximum atomic E-state index is 11.0. The molecule has 0 aliphatic rings. The number of carboxylic acids is 1. The lowest BCUT2D eigenvalue weighted by Gasteiger charge is -2.04. The Morgan fingerprint density at radius 2 is 2.05 bits per heavy atom. The Kier molecular flexibility index (Phi) is 2.49. The van der Waals surface area contributed by atoms with E-state index in [9.17, 15) is 4.79 Å². The molecule has 0 radical (unpaired) electrons. The second-order valence-corrected chi connectivity index (χ2v) is 4.10. The van der Waals surface area contributed by atoms with Crippen molar-refractivity contribution in [3.8, 4) is 5.95 Å². The molecular formula is C13H10N4O2. The number of imidazole rings is 1. The summed E-state index contributed by atoms with van der Waals surface area (Å²) in [6.45, 7) is 1.73. The Morgan fingerprint density at radius 1 is 1.26 bits per heavy atom. The average molecular weight is 254 g/mol. The van der Waals surface area contributed by atoms with Crippen LogP contribution in [0.25, 0.3) is 17.0 Å². The van der Waals surface area contributed by atoms with Gasteiger partial charge in [-0.15, -0.1) is 0 Å². The number of hydrogen-bond donors (Lipinski definition) is 1. The van der Waals surface area contributed by atoms with E-state index in [0.29, 0.717) is 11.6 Å². The van der Waals surface area contributed by atoms with Gasteiger partial charge in [0.15, 0.2) is 5.69 Å². The van der Waals surface area contributed by atoms with E-state index in [1.54, 1.807) is 17.8 Å². The van der Waals surface area contributed by atoms with Crippen molar-refractivity contribution in [1.29, 1.82) is 0 Å². The summed E-state index contributed by atoms with van der Waals surface area (Å²) < 4.78 is 1.68. The zero-order chi connectivity index (χ0) is 13.4. The van der Waals surface area contributed by atoms with E-state index in [1.165, 1.54) is 6.07 Å². The first kappa shape index (κ1) is 11.3. The molecule has 0 aliphatic carbocycles. The minimum absolute atomic E-state index is 0.0275. The van der Waals surface area contributed by atoms with Crippen molar-refractivity contribution < 1.29 is 9.90 Å². The van der Waals surface area contributed by atoms with Gasteiger partial charge in [0.05, 0.1) is 11.0 Å². The molecule has 0 saturated carbocycles. The lowest BCUT2D eigenvalue weighted by Crippen LogP contribution is -2.08. The standard InChI is InChI=1S/C13H10N4O2/c1-8-6-10(12(18)19)16-13(15-8)17-7-14-9-4-2-3-5-11(9)17/h2-7H,1H3,(H,18,19). The number of nitrogens with zero attached hydrogens (tertiary/aromatic N) is 4. The topological polar surface area (TPSA) is 80.9 Å². The van der Waals surface area contributed by atoms with Crippen LogP contribution in [0.2, 0.25) is 0 Å². The lowest BCUT2D eigenvalue weighted by molar-refractivity contribution is 0.0690. The van der Waals surface area contributed by atoms with Crippen molar-refractivity contribution in [3.05, 3.63) is 48.0 Å². The number of aromatic carboxylic acids is 1. The molecule has 19 heavy (non-hydrogen) atoms. The molecule has 6 nitrogen and oxygen atoms in total. The number of aromatic nitrogens is 4. The van der Waals surface area contributed by atoms with Crippen LogP contribution in [0.15, 0.2) is 36.7 Å². The molecule has 0 fully saturated rings. The van der Waals surface area contributed by atoms with Gasteiger partial charge in [-0.1, -0.05) is 12.1 Å². The van der Waals surface area contributed by atoms with Crippen LogP contribution in [0.1, 0.15) is 16.2 Å². The number of carboxylic acid groups (broad SMARTS) is 1. The fourth-order valence-corrected chi connectivity index (χ4v) is 1.89. The number of benzene rings is 1. The van der Waals surface area contributed by atoms with Gasteiger partial charge in [-0.2, -0.15) is 0 Å². The van der Waals surface area contributed by atoms with E-state index >= 15 is 0 Å². The predicted octanol–water partition coefficient (Wildman–Crippen LogP) is 1.82. The zero-order valence-electron chi connectivity index (χ0n) is 10.1. The molecule has 2 aromatic heterocycles. The Labute approximate surface area is 108 Å². The summed E-state index contributed by atoms with van der Waals surface area (Å²) in [6, 6.07) is 8.97. The summed E-state index contributed by atoms with van der Waals surface area (Å²) in [5.41, 5.74) is 2.22. The molecule has 0 aliphatic heterocycles. The Morgan fingerprint density at radius 3 is 2.84 bits per heavy atom. The first-order valence-corrected chi connectivity index (χ1v) is 5.66. The third-order valence-corrected chi connectivity index (χ3v) is 2.73. The summed E-state index contributed by atoms with van der Waals surface area (Å²) in [6.07, 6.45) is 1.59. The second-order valence-electron chi connectivity index (χ2n) is 4.10. The molecule has 3 aromatic rings. The minimum atomic E-state index is -1.07. The van der Waals surface area contributed by atoms with Gasteiger partial charge in [0, 0.05) is 5.69 Å². The minimum Gasteiger partial charge on any atom is -0.477 e. The first-order chi connectivity index (χ1) is 9.15. The molecule has 0 atom stereocenters. The monoisotopic (exact) mass is 254 g/mol. The van der Waals surface area contributed by atoms with Crippen LogP contribution in [-0.2, 0) is 0 Å². The number of carbonyl (C=O) groups is 1. The number of aryl methyl sites for hydroxylation is 1. The van der Waals surface area contributed by atoms with Gasteiger partial charge in [-0.25, -0.2) is 19.7 Å². The quantitative estimate of drug-likeness (QED) is 0.754. The van der Waals surface area contributed by atoms with Crippen LogP contribution < -0.4 is 0 Å². The molecule has 1 N–H and O–H groups in total. The maximum Gasteiger partial charge on any atom is 0.354 e. The molecule has 2 heterocycles. The third-order valence-electron chi connectivity index (χ3n) is 2.73. The van der Waals surface area contributed by atoms with Crippen LogP contribution in [0.4, 0.5) is 0 Å². The molecule has 0 bridgehead atoms. The summed E-state index contributed by atoms with van der Waals surface area (Å²) in [4.78, 5) is 23.6. The highest BCUT2D eigenvalue weighted by Gasteiger charge is 2.11. The normalized spacial score (nSPS) is 10.8. The molecule has 0 amide bonds. The van der Waals surface area contributed by atoms with Crippen LogP contribution in [0.3, 0.4) is 0 Å². The molecule has 0 saturated heterocycles. The van der Waals surface area contributed by atoms with Crippen LogP contribution >= 0.6 is 0 Å². The van der Waals surface area contributed by atoms with Crippen molar-refractivity contribution in [2.75, 3.05) is 0 Å². The van der Waals surface area contributed by atoms with E-state index in [2.05, 4.69) is 15.0 Å². The number of para-hydroxylation sites is 2. The maximum absolute atomic E-state index is 11.0. The summed E-state index contributed by atoms with van der Waals surface area (Å²) in [5, 5.41) is 9.03. The number of hydrogen-bond acceptors (Lipinski definition) is 4. The van der Waals surface area contributed by atoms with Crippen molar-refractivity contribution in [1.82, 2.24) is 19.5 Å². The second kappa shape index (κ2) is 4.16. The van der Waals surface area contributed by atoms with Crippen molar-refractivity contribution >= 4 is 17.0 Å². The third kappa shape index (κ3) is 1.93. The largest absolute Gasteiger partial charge is 0.477 e. The van der Waals surface area contributed by atoms with Crippen molar-refractivity contribution in [2.45, 2.75) is 6.92 Å².